The van der Waals surface area contributed by atoms with Crippen molar-refractivity contribution in [2.45, 2.75) is 69.2 Å². The van der Waals surface area contributed by atoms with E-state index in [-0.39, 0.29) is 53.3 Å². The standard InChI is InChI=1S/C34H35F4N5O2/c1-2-23-26(36)7-4-18-10-22(44)11-24(28(18)23)29-27(37)12-25-31(30(29)38)40-33(41-32(25)43-20-5-6-21(43)15-39-14-20)45-17-34-8-3-9-42(34)16-19(35)13-34/h4,7,10-12,19-21,39,44H,2-3,5-6,8-9,13-17H2,1H3/t19-,20-,21+,34+/m1/s1. The van der Waals surface area contributed by atoms with E-state index in [4.69, 9.17) is 9.72 Å². The third-order valence-electron chi connectivity index (χ3n) is 10.5. The van der Waals surface area contributed by atoms with Crippen LogP contribution in [0.2, 0.25) is 0 Å². The molecule has 8 rings (SSSR count). The van der Waals surface area contributed by atoms with Crippen molar-refractivity contribution in [2.75, 3.05) is 37.7 Å². The first-order valence-electron chi connectivity index (χ1n) is 15.9. The Morgan fingerprint density at radius 1 is 1.07 bits per heavy atom. The number of anilines is 1. The Balaban J connectivity index is 1.32. The molecule has 0 saturated carbocycles. The molecule has 3 aromatic carbocycles. The fourth-order valence-electron chi connectivity index (χ4n) is 8.48. The molecular formula is C34H35F4N5O2. The van der Waals surface area contributed by atoms with Crippen LogP contribution in [-0.2, 0) is 6.42 Å². The predicted octanol–water partition coefficient (Wildman–Crippen LogP) is 6.03. The van der Waals surface area contributed by atoms with Gasteiger partial charge in [0.2, 0.25) is 0 Å². The van der Waals surface area contributed by atoms with Gasteiger partial charge >= 0.3 is 6.01 Å². The van der Waals surface area contributed by atoms with Gasteiger partial charge in [-0.25, -0.2) is 17.6 Å². The number of nitrogens with zero attached hydrogens (tertiary/aromatic N) is 4. The number of aromatic nitrogens is 2. The summed E-state index contributed by atoms with van der Waals surface area (Å²) in [6, 6.07) is 6.90. The van der Waals surface area contributed by atoms with Gasteiger partial charge in [-0.1, -0.05) is 13.0 Å². The largest absolute Gasteiger partial charge is 0.508 e. The van der Waals surface area contributed by atoms with Gasteiger partial charge < -0.3 is 20.1 Å². The number of hydrogen-bond donors (Lipinski definition) is 2. The summed E-state index contributed by atoms with van der Waals surface area (Å²) >= 11 is 0. The van der Waals surface area contributed by atoms with E-state index in [1.165, 1.54) is 30.3 Å². The summed E-state index contributed by atoms with van der Waals surface area (Å²) in [5.74, 6) is -2.08. The molecule has 0 spiro atoms. The summed E-state index contributed by atoms with van der Waals surface area (Å²) in [5.41, 5.74) is -0.637. The Morgan fingerprint density at radius 3 is 2.64 bits per heavy atom. The van der Waals surface area contributed by atoms with Crippen LogP contribution in [0.4, 0.5) is 23.4 Å². The highest BCUT2D eigenvalue weighted by atomic mass is 19.1. The van der Waals surface area contributed by atoms with Gasteiger partial charge in [0.15, 0.2) is 5.82 Å². The number of ether oxygens (including phenoxy) is 1. The van der Waals surface area contributed by atoms with Crippen molar-refractivity contribution in [3.63, 3.8) is 0 Å². The molecule has 7 nitrogen and oxygen atoms in total. The smallest absolute Gasteiger partial charge is 0.319 e. The Bertz CT molecular complexity index is 1820. The first-order chi connectivity index (χ1) is 21.8. The van der Waals surface area contributed by atoms with Crippen LogP contribution in [-0.4, -0.2) is 76.6 Å². The zero-order valence-corrected chi connectivity index (χ0v) is 25.1. The van der Waals surface area contributed by atoms with Crippen molar-refractivity contribution in [1.82, 2.24) is 20.2 Å². The van der Waals surface area contributed by atoms with Crippen LogP contribution in [0.3, 0.4) is 0 Å². The van der Waals surface area contributed by atoms with E-state index < -0.39 is 34.7 Å². The van der Waals surface area contributed by atoms with Gasteiger partial charge in [0.05, 0.1) is 11.1 Å². The molecule has 4 aliphatic heterocycles. The topological polar surface area (TPSA) is 73.8 Å². The molecule has 5 heterocycles. The lowest BCUT2D eigenvalue weighted by Crippen LogP contribution is -2.52. The van der Waals surface area contributed by atoms with Crippen LogP contribution >= 0.6 is 0 Å². The number of rotatable bonds is 6. The normalized spacial score (nSPS) is 26.3. The first kappa shape index (κ1) is 28.8. The quantitative estimate of drug-likeness (QED) is 0.255. The minimum absolute atomic E-state index is 0.0449. The summed E-state index contributed by atoms with van der Waals surface area (Å²) in [6.45, 7) is 4.54. The van der Waals surface area contributed by atoms with Crippen molar-refractivity contribution in [1.29, 1.82) is 0 Å². The number of alkyl halides is 1. The molecule has 45 heavy (non-hydrogen) atoms. The van der Waals surface area contributed by atoms with Crippen LogP contribution in [0.1, 0.15) is 44.6 Å². The highest BCUT2D eigenvalue weighted by Gasteiger charge is 2.49. The molecule has 236 valence electrons. The minimum Gasteiger partial charge on any atom is -0.508 e. The molecule has 1 aromatic heterocycles. The number of benzene rings is 3. The number of fused-ring (bicyclic) bond motifs is 5. The summed E-state index contributed by atoms with van der Waals surface area (Å²) in [5, 5.41) is 15.0. The summed E-state index contributed by atoms with van der Waals surface area (Å²) in [6.07, 6.45) is 3.28. The summed E-state index contributed by atoms with van der Waals surface area (Å²) in [4.78, 5) is 13.5. The van der Waals surface area contributed by atoms with Gasteiger partial charge in [-0.05, 0) is 84.8 Å². The van der Waals surface area contributed by atoms with E-state index in [1.54, 1.807) is 6.92 Å². The number of phenols is 1. The van der Waals surface area contributed by atoms with Gasteiger partial charge in [0.25, 0.3) is 0 Å². The van der Waals surface area contributed by atoms with Crippen LogP contribution < -0.4 is 15.0 Å². The highest BCUT2D eigenvalue weighted by molar-refractivity contribution is 6.03. The number of aromatic hydroxyl groups is 1. The average Bonchev–Trinajstić information content (AvgIpc) is 3.62. The van der Waals surface area contributed by atoms with Crippen LogP contribution in [0, 0.1) is 17.5 Å². The van der Waals surface area contributed by atoms with Crippen molar-refractivity contribution < 1.29 is 27.4 Å². The van der Waals surface area contributed by atoms with Gasteiger partial charge in [-0.15, -0.1) is 0 Å². The van der Waals surface area contributed by atoms with Crippen molar-refractivity contribution in [3.8, 4) is 22.9 Å². The van der Waals surface area contributed by atoms with Gasteiger partial charge in [-0.2, -0.15) is 9.97 Å². The van der Waals surface area contributed by atoms with E-state index in [0.29, 0.717) is 35.1 Å². The lowest BCUT2D eigenvalue weighted by Gasteiger charge is -2.37. The number of hydrogen-bond acceptors (Lipinski definition) is 7. The van der Waals surface area contributed by atoms with Gasteiger partial charge in [0, 0.05) is 43.5 Å². The second-order valence-corrected chi connectivity index (χ2v) is 13.1. The lowest BCUT2D eigenvalue weighted by atomic mass is 9.91. The zero-order chi connectivity index (χ0) is 31.0. The van der Waals surface area contributed by atoms with E-state index in [0.717, 1.165) is 45.3 Å². The zero-order valence-electron chi connectivity index (χ0n) is 25.1. The van der Waals surface area contributed by atoms with Crippen LogP contribution in [0.15, 0.2) is 30.3 Å². The third-order valence-corrected chi connectivity index (χ3v) is 10.5. The highest BCUT2D eigenvalue weighted by Crippen LogP contribution is 2.44. The maximum absolute atomic E-state index is 16.9. The molecule has 0 aliphatic carbocycles. The van der Waals surface area contributed by atoms with Gasteiger partial charge in [0.1, 0.15) is 41.5 Å². The van der Waals surface area contributed by atoms with Crippen molar-refractivity contribution in [2.24, 2.45) is 0 Å². The molecule has 4 fully saturated rings. The molecule has 4 aromatic rings. The van der Waals surface area contributed by atoms with E-state index in [9.17, 15) is 13.9 Å². The molecule has 2 bridgehead atoms. The van der Waals surface area contributed by atoms with E-state index >= 15 is 8.78 Å². The molecule has 4 atom stereocenters. The maximum atomic E-state index is 16.9. The summed E-state index contributed by atoms with van der Waals surface area (Å²) < 4.78 is 68.8. The van der Waals surface area contributed by atoms with E-state index in [1.807, 2.05) is 0 Å². The first-order valence-corrected chi connectivity index (χ1v) is 15.9. The Morgan fingerprint density at radius 2 is 1.87 bits per heavy atom. The number of aryl methyl sites for hydroxylation is 1. The average molecular weight is 622 g/mol. The fourth-order valence-corrected chi connectivity index (χ4v) is 8.48. The lowest BCUT2D eigenvalue weighted by molar-refractivity contribution is 0.107. The molecular weight excluding hydrogens is 586 g/mol. The second-order valence-electron chi connectivity index (χ2n) is 13.1. The monoisotopic (exact) mass is 621 g/mol. The Kier molecular flexibility index (Phi) is 6.83. The molecule has 0 unspecified atom stereocenters. The van der Waals surface area contributed by atoms with E-state index in [2.05, 4.69) is 20.1 Å². The molecule has 0 amide bonds. The van der Waals surface area contributed by atoms with Crippen molar-refractivity contribution in [3.05, 3.63) is 53.3 Å². The molecule has 2 N–H and O–H groups in total. The number of halogens is 4. The fraction of sp³-hybridized carbons (Fsp3) is 0.471. The Hall–Kier alpha value is -3.70. The molecule has 11 heteroatoms. The Labute approximate surface area is 258 Å². The minimum atomic E-state index is -0.940. The van der Waals surface area contributed by atoms with Crippen molar-refractivity contribution >= 4 is 27.5 Å². The van der Waals surface area contributed by atoms with Crippen LogP contribution in [0.5, 0.6) is 11.8 Å². The number of piperazine rings is 1. The van der Waals surface area contributed by atoms with Gasteiger partial charge in [-0.3, -0.25) is 4.90 Å². The maximum Gasteiger partial charge on any atom is 0.319 e. The SMILES string of the molecule is CCc1c(F)ccc2cc(O)cc(-c3c(F)cc4c(N5[C@@H]6CC[C@H]5CNC6)nc(OC[C@@]56CCCN5C[C@H](F)C6)nc4c3F)c12. The number of nitrogens with one attached hydrogen (secondary N) is 1. The second kappa shape index (κ2) is 10.7. The van der Waals surface area contributed by atoms with Crippen LogP contribution in [0.25, 0.3) is 32.8 Å². The molecule has 0 radical (unpaired) electrons. The third kappa shape index (κ3) is 4.52. The molecule has 4 aliphatic rings. The molecule has 4 saturated heterocycles. The number of phenolic OH excluding ortho intramolecular Hbond substituents is 1. The summed E-state index contributed by atoms with van der Waals surface area (Å²) in [7, 11) is 0. The predicted molar refractivity (Wildman–Crippen MR) is 164 cm³/mol.